The molecule has 194 valence electrons. The van der Waals surface area contributed by atoms with Gasteiger partial charge >= 0.3 is 0 Å². The maximum absolute atomic E-state index is 10.1. The molecule has 0 saturated heterocycles. The van der Waals surface area contributed by atoms with Crippen molar-refractivity contribution in [3.8, 4) is 22.8 Å². The van der Waals surface area contributed by atoms with E-state index in [4.69, 9.17) is 0 Å². The second-order valence-electron chi connectivity index (χ2n) is 9.98. The van der Waals surface area contributed by atoms with E-state index in [1.165, 1.54) is 0 Å². The van der Waals surface area contributed by atoms with Crippen LogP contribution >= 0.6 is 0 Å². The number of aromatic nitrogens is 2. The number of phenols is 2. The molecule has 2 heterocycles. The zero-order chi connectivity index (χ0) is 26.5. The smallest absolute Gasteiger partial charge is 0.116 e. The molecule has 37 heavy (non-hydrogen) atoms. The third kappa shape index (κ3) is 6.31. The number of hydrogen-bond donors (Lipinski definition) is 2. The second-order valence-corrected chi connectivity index (χ2v) is 9.98. The molecule has 2 aromatic heterocycles. The number of benzene rings is 2. The lowest BCUT2D eigenvalue weighted by Gasteiger charge is -2.28. The normalized spacial score (nSPS) is 11.5. The van der Waals surface area contributed by atoms with Gasteiger partial charge < -0.3 is 29.5 Å². The topological polar surface area (TPSA) is 68.0 Å². The van der Waals surface area contributed by atoms with Gasteiger partial charge in [-0.05, 0) is 82.3 Å². The Kier molecular flexibility index (Phi) is 8.16. The summed E-state index contributed by atoms with van der Waals surface area (Å²) in [5.41, 5.74) is 6.21. The van der Waals surface area contributed by atoms with Crippen LogP contribution in [0.25, 0.3) is 28.2 Å². The maximum Gasteiger partial charge on any atom is 0.116 e. The highest BCUT2D eigenvalue weighted by atomic mass is 16.3. The van der Waals surface area contributed by atoms with E-state index in [0.29, 0.717) is 6.54 Å². The Hall–Kier alpha value is -3.81. The van der Waals surface area contributed by atoms with E-state index in [9.17, 15) is 10.2 Å². The molecule has 0 unspecified atom stereocenters. The summed E-state index contributed by atoms with van der Waals surface area (Å²) in [5, 5.41) is 21.1. The van der Waals surface area contributed by atoms with Crippen LogP contribution in [0.2, 0.25) is 0 Å². The van der Waals surface area contributed by atoms with Gasteiger partial charge in [-0.2, -0.15) is 0 Å². The first kappa shape index (κ1) is 26.3. The van der Waals surface area contributed by atoms with Gasteiger partial charge in [-0.15, -0.1) is 0 Å². The second kappa shape index (κ2) is 11.5. The van der Waals surface area contributed by atoms with E-state index in [0.717, 1.165) is 65.2 Å². The van der Waals surface area contributed by atoms with Crippen molar-refractivity contribution >= 4 is 22.7 Å². The van der Waals surface area contributed by atoms with Crippen LogP contribution in [-0.2, 0) is 13.1 Å². The molecule has 2 N–H and O–H groups in total. The number of phenolic OH excluding ortho intramolecular Hbond substituents is 2. The molecule has 0 aliphatic carbocycles. The van der Waals surface area contributed by atoms with Crippen molar-refractivity contribution in [1.29, 1.82) is 0 Å². The molecule has 0 fully saturated rings. The molecule has 0 bridgehead atoms. The monoisotopic (exact) mass is 499 g/mol. The lowest BCUT2D eigenvalue weighted by molar-refractivity contribution is 0.388. The Morgan fingerprint density at radius 2 is 1.59 bits per heavy atom. The molecule has 0 aliphatic rings. The fourth-order valence-electron chi connectivity index (χ4n) is 4.57. The number of nitrogens with zero attached hydrogens (tertiary/aromatic N) is 5. The fourth-order valence-corrected chi connectivity index (χ4v) is 4.57. The van der Waals surface area contributed by atoms with Crippen LogP contribution in [0.4, 0.5) is 5.69 Å². The SMILES string of the molecule is C=Cc1cc(O)ccc1N(CCN(C)C)Cc1cncc(-c2cc3cc(O)ccc3n2CCN(C)C)c1. The number of fused-ring (bicyclic) bond motifs is 1. The summed E-state index contributed by atoms with van der Waals surface area (Å²) >= 11 is 0. The minimum Gasteiger partial charge on any atom is -0.508 e. The summed E-state index contributed by atoms with van der Waals surface area (Å²) in [6.07, 6.45) is 5.60. The fraction of sp³-hybridized carbons (Fsp3) is 0.300. The Morgan fingerprint density at radius 1 is 0.865 bits per heavy atom. The van der Waals surface area contributed by atoms with Gasteiger partial charge in [0.05, 0.1) is 5.69 Å². The predicted octanol–water partition coefficient (Wildman–Crippen LogP) is 4.89. The Balaban J connectivity index is 1.72. The number of aromatic hydroxyl groups is 2. The van der Waals surface area contributed by atoms with Crippen molar-refractivity contribution < 1.29 is 10.2 Å². The Labute approximate surface area is 219 Å². The van der Waals surface area contributed by atoms with Gasteiger partial charge in [-0.1, -0.05) is 12.7 Å². The van der Waals surface area contributed by atoms with Gasteiger partial charge in [-0.25, -0.2) is 0 Å². The number of likely N-dealkylation sites (N-methyl/N-ethyl adjacent to an activating group) is 2. The first-order chi connectivity index (χ1) is 17.7. The molecule has 2 aromatic carbocycles. The van der Waals surface area contributed by atoms with Crippen molar-refractivity contribution in [2.24, 2.45) is 0 Å². The summed E-state index contributed by atoms with van der Waals surface area (Å²) in [7, 11) is 8.27. The molecule has 0 saturated carbocycles. The van der Waals surface area contributed by atoms with Gasteiger partial charge in [0.25, 0.3) is 0 Å². The van der Waals surface area contributed by atoms with Crippen LogP contribution in [-0.4, -0.2) is 77.4 Å². The van der Waals surface area contributed by atoms with E-state index in [1.807, 2.05) is 30.6 Å². The standard InChI is InChI=1S/C30H37N5O2/c1-6-23-16-26(36)7-9-28(23)34(13-11-32(2)3)21-22-15-25(20-31-19-22)30-18-24-17-27(37)8-10-29(24)35(30)14-12-33(4)5/h6-10,15-20,36-37H,1,11-14,21H2,2-5H3. The molecule has 7 heteroatoms. The van der Waals surface area contributed by atoms with Gasteiger partial charge in [0.1, 0.15) is 11.5 Å². The molecule has 0 amide bonds. The van der Waals surface area contributed by atoms with Crippen molar-refractivity contribution in [3.63, 3.8) is 0 Å². The van der Waals surface area contributed by atoms with Crippen LogP contribution < -0.4 is 4.90 Å². The van der Waals surface area contributed by atoms with Crippen molar-refractivity contribution in [1.82, 2.24) is 19.4 Å². The molecule has 7 nitrogen and oxygen atoms in total. The van der Waals surface area contributed by atoms with Crippen molar-refractivity contribution in [2.75, 3.05) is 52.7 Å². The van der Waals surface area contributed by atoms with E-state index in [1.54, 1.807) is 24.3 Å². The third-order valence-electron chi connectivity index (χ3n) is 6.51. The maximum atomic E-state index is 10.1. The highest BCUT2D eigenvalue weighted by molar-refractivity contribution is 5.88. The number of pyridine rings is 1. The minimum atomic E-state index is 0.228. The summed E-state index contributed by atoms with van der Waals surface area (Å²) in [4.78, 5) is 11.2. The van der Waals surface area contributed by atoms with E-state index < -0.39 is 0 Å². The van der Waals surface area contributed by atoms with Crippen molar-refractivity contribution in [3.05, 3.63) is 78.6 Å². The lowest BCUT2D eigenvalue weighted by Crippen LogP contribution is -2.31. The van der Waals surface area contributed by atoms with E-state index in [-0.39, 0.29) is 11.5 Å². The Morgan fingerprint density at radius 3 is 2.32 bits per heavy atom. The summed E-state index contributed by atoms with van der Waals surface area (Å²) in [6, 6.07) is 15.3. The van der Waals surface area contributed by atoms with Crippen LogP contribution in [0.5, 0.6) is 11.5 Å². The predicted molar refractivity (Wildman–Crippen MR) is 153 cm³/mol. The molecule has 0 spiro atoms. The molecule has 0 radical (unpaired) electrons. The highest BCUT2D eigenvalue weighted by Crippen LogP contribution is 2.32. The average molecular weight is 500 g/mol. The van der Waals surface area contributed by atoms with Crippen LogP contribution in [0.15, 0.2) is 67.5 Å². The minimum absolute atomic E-state index is 0.228. The van der Waals surface area contributed by atoms with Gasteiger partial charge in [0, 0.05) is 72.8 Å². The zero-order valence-corrected chi connectivity index (χ0v) is 22.2. The molecule has 4 aromatic rings. The number of rotatable bonds is 11. The molecular weight excluding hydrogens is 462 g/mol. The largest absolute Gasteiger partial charge is 0.508 e. The molecule has 4 rings (SSSR count). The summed E-state index contributed by atoms with van der Waals surface area (Å²) < 4.78 is 2.30. The molecule has 0 aliphatic heterocycles. The van der Waals surface area contributed by atoms with Gasteiger partial charge in [-0.3, -0.25) is 4.98 Å². The van der Waals surface area contributed by atoms with Crippen LogP contribution in [0.1, 0.15) is 11.1 Å². The summed E-state index contributed by atoms with van der Waals surface area (Å²) in [6.45, 7) is 8.03. The number of hydrogen-bond acceptors (Lipinski definition) is 6. The van der Waals surface area contributed by atoms with E-state index in [2.05, 4.69) is 71.2 Å². The number of anilines is 1. The molecule has 0 atom stereocenters. The van der Waals surface area contributed by atoms with Crippen LogP contribution in [0, 0.1) is 0 Å². The molecular formula is C30H37N5O2. The third-order valence-corrected chi connectivity index (χ3v) is 6.51. The average Bonchev–Trinajstić information content (AvgIpc) is 3.22. The van der Waals surface area contributed by atoms with Crippen LogP contribution in [0.3, 0.4) is 0 Å². The van der Waals surface area contributed by atoms with Crippen molar-refractivity contribution in [2.45, 2.75) is 13.1 Å². The quantitative estimate of drug-likeness (QED) is 0.306. The lowest BCUT2D eigenvalue weighted by atomic mass is 10.1. The van der Waals surface area contributed by atoms with Gasteiger partial charge in [0.2, 0.25) is 0 Å². The van der Waals surface area contributed by atoms with E-state index >= 15 is 0 Å². The Bertz CT molecular complexity index is 1380. The first-order valence-corrected chi connectivity index (χ1v) is 12.5. The van der Waals surface area contributed by atoms with Gasteiger partial charge in [0.15, 0.2) is 0 Å². The summed E-state index contributed by atoms with van der Waals surface area (Å²) in [5.74, 6) is 0.491. The highest BCUT2D eigenvalue weighted by Gasteiger charge is 2.15. The zero-order valence-electron chi connectivity index (χ0n) is 22.2. The first-order valence-electron chi connectivity index (χ1n) is 12.5.